The molecule has 1 aliphatic heterocycles. The molecule has 3 heterocycles. The van der Waals surface area contributed by atoms with Gasteiger partial charge in [-0.1, -0.05) is 50.6 Å². The summed E-state index contributed by atoms with van der Waals surface area (Å²) in [7, 11) is 0. The van der Waals surface area contributed by atoms with E-state index in [0.717, 1.165) is 53.0 Å². The second-order valence-corrected chi connectivity index (χ2v) is 11.8. The predicted molar refractivity (Wildman–Crippen MR) is 164 cm³/mol. The first kappa shape index (κ1) is 28.7. The van der Waals surface area contributed by atoms with Crippen molar-refractivity contribution in [2.45, 2.75) is 38.5 Å². The highest BCUT2D eigenvalue weighted by atomic mass is 35.5. The lowest BCUT2D eigenvalue weighted by atomic mass is 9.90. The number of rotatable bonds is 7. The number of benzene rings is 2. The summed E-state index contributed by atoms with van der Waals surface area (Å²) in [6.07, 6.45) is 5.86. The molecule has 212 valence electrons. The summed E-state index contributed by atoms with van der Waals surface area (Å²) in [5.74, 6) is 0.837. The summed E-state index contributed by atoms with van der Waals surface area (Å²) in [5, 5.41) is 12.5. The zero-order valence-electron chi connectivity index (χ0n) is 23.6. The van der Waals surface area contributed by atoms with Crippen molar-refractivity contribution in [1.82, 2.24) is 14.9 Å². The fraction of sp³-hybridized carbons (Fsp3) is 0.303. The molecular weight excluding hydrogens is 536 g/mol. The van der Waals surface area contributed by atoms with Gasteiger partial charge in [0, 0.05) is 65.2 Å². The van der Waals surface area contributed by atoms with Crippen molar-refractivity contribution >= 4 is 23.4 Å². The number of halogens is 1. The van der Waals surface area contributed by atoms with Gasteiger partial charge >= 0.3 is 6.09 Å². The van der Waals surface area contributed by atoms with Gasteiger partial charge in [0.25, 0.3) is 0 Å². The van der Waals surface area contributed by atoms with Crippen LogP contribution in [0.5, 0.6) is 5.75 Å². The molecule has 2 aromatic carbocycles. The summed E-state index contributed by atoms with van der Waals surface area (Å²) in [5.41, 5.74) is 6.30. The van der Waals surface area contributed by atoms with E-state index in [4.69, 9.17) is 16.3 Å². The third kappa shape index (κ3) is 7.11. The topological polar surface area (TPSA) is 87.6 Å². The molecule has 2 aromatic heterocycles. The number of ether oxygens (including phenoxy) is 1. The van der Waals surface area contributed by atoms with E-state index in [1.165, 1.54) is 0 Å². The molecule has 0 saturated carbocycles. The molecule has 1 fully saturated rings. The molecular formula is C33H35ClN4O3. The molecule has 0 bridgehead atoms. The van der Waals surface area contributed by atoms with Gasteiger partial charge in [-0.2, -0.15) is 0 Å². The largest absolute Gasteiger partial charge is 0.417 e. The number of aromatic nitrogens is 2. The first-order valence-electron chi connectivity index (χ1n) is 13.8. The normalized spacial score (nSPS) is 15.6. The number of nitrogens with zero attached hydrogens (tertiary/aromatic N) is 3. The van der Waals surface area contributed by atoms with Crippen LogP contribution in [-0.4, -0.2) is 52.3 Å². The molecule has 1 atom stereocenters. The number of anilines is 1. The summed E-state index contributed by atoms with van der Waals surface area (Å²) < 4.78 is 5.58. The van der Waals surface area contributed by atoms with E-state index in [1.807, 2.05) is 36.7 Å². The van der Waals surface area contributed by atoms with E-state index in [9.17, 15) is 9.90 Å². The van der Waals surface area contributed by atoms with E-state index in [0.29, 0.717) is 28.9 Å². The quantitative estimate of drug-likeness (QED) is 0.245. The van der Waals surface area contributed by atoms with Gasteiger partial charge < -0.3 is 14.7 Å². The van der Waals surface area contributed by atoms with Crippen LogP contribution in [0.3, 0.4) is 0 Å². The van der Waals surface area contributed by atoms with Crippen LogP contribution in [0.15, 0.2) is 79.3 Å². The Balaban J connectivity index is 1.26. The molecule has 7 nitrogen and oxygen atoms in total. The van der Waals surface area contributed by atoms with E-state index >= 15 is 0 Å². The highest BCUT2D eigenvalue weighted by molar-refractivity contribution is 6.33. The number of β-amino-alcohol motifs (C(OH)–C–C–N with tert-alkyl or cyclic N) is 1. The fourth-order valence-corrected chi connectivity index (χ4v) is 5.41. The van der Waals surface area contributed by atoms with Gasteiger partial charge in [0.2, 0.25) is 0 Å². The van der Waals surface area contributed by atoms with Crippen LogP contribution in [0, 0.1) is 0 Å². The lowest BCUT2D eigenvalue weighted by Crippen LogP contribution is -2.23. The van der Waals surface area contributed by atoms with Crippen molar-refractivity contribution in [3.05, 3.63) is 95.5 Å². The summed E-state index contributed by atoms with van der Waals surface area (Å²) in [4.78, 5) is 23.9. The van der Waals surface area contributed by atoms with Crippen molar-refractivity contribution in [3.8, 4) is 28.0 Å². The maximum Gasteiger partial charge on any atom is 0.417 e. The number of amides is 1. The standard InChI is InChI=1S/C33H35ClN4O3/c1-33(2,3)31-17-23(9-11-36-31)25-15-26(20-35-19-25)29-8-7-27(18-30(29)34)37-32(40)41-28-6-4-5-22(16-28)24-10-12-38(21-24)13-14-39/h4-9,11,15-20,24,39H,10,12-14,21H2,1-3H3,(H,37,40). The number of aliphatic hydroxyl groups excluding tert-OH is 1. The molecule has 4 aromatic rings. The van der Waals surface area contributed by atoms with Crippen molar-refractivity contribution in [2.75, 3.05) is 31.6 Å². The van der Waals surface area contributed by atoms with E-state index in [-0.39, 0.29) is 12.0 Å². The van der Waals surface area contributed by atoms with Crippen LogP contribution in [-0.2, 0) is 5.41 Å². The Hall–Kier alpha value is -3.78. The third-order valence-electron chi connectivity index (χ3n) is 7.36. The summed E-state index contributed by atoms with van der Waals surface area (Å²) >= 11 is 6.67. The lowest BCUT2D eigenvalue weighted by molar-refractivity contribution is 0.215. The number of aliphatic hydroxyl groups is 1. The van der Waals surface area contributed by atoms with Crippen molar-refractivity contribution < 1.29 is 14.6 Å². The number of nitrogens with one attached hydrogen (secondary N) is 1. The molecule has 1 unspecified atom stereocenters. The minimum absolute atomic E-state index is 0.0598. The molecule has 41 heavy (non-hydrogen) atoms. The lowest BCUT2D eigenvalue weighted by Gasteiger charge is -2.18. The number of carbonyl (C=O) groups is 1. The molecule has 5 rings (SSSR count). The maximum absolute atomic E-state index is 12.7. The van der Waals surface area contributed by atoms with Gasteiger partial charge in [-0.05, 0) is 72.5 Å². The second kappa shape index (κ2) is 12.4. The van der Waals surface area contributed by atoms with Crippen LogP contribution in [0.1, 0.15) is 44.4 Å². The molecule has 2 N–H and O–H groups in total. The molecule has 8 heteroatoms. The number of pyridine rings is 2. The van der Waals surface area contributed by atoms with Crippen LogP contribution in [0.4, 0.5) is 10.5 Å². The molecule has 0 spiro atoms. The van der Waals surface area contributed by atoms with Gasteiger partial charge in [0.1, 0.15) is 5.75 Å². The fourth-order valence-electron chi connectivity index (χ4n) is 5.12. The highest BCUT2D eigenvalue weighted by Crippen LogP contribution is 2.34. The average molecular weight is 571 g/mol. The second-order valence-electron chi connectivity index (χ2n) is 11.4. The van der Waals surface area contributed by atoms with Gasteiger partial charge in [0.15, 0.2) is 0 Å². The monoisotopic (exact) mass is 570 g/mol. The molecule has 1 aliphatic rings. The van der Waals surface area contributed by atoms with Gasteiger partial charge in [0.05, 0.1) is 11.6 Å². The Labute approximate surface area is 246 Å². The first-order chi connectivity index (χ1) is 19.7. The van der Waals surface area contributed by atoms with Gasteiger partial charge in [-0.3, -0.25) is 15.3 Å². The van der Waals surface area contributed by atoms with Crippen molar-refractivity contribution in [2.24, 2.45) is 0 Å². The Morgan fingerprint density at radius 1 is 1.07 bits per heavy atom. The molecule has 1 amide bonds. The SMILES string of the molecule is CC(C)(C)c1cc(-c2cncc(-c3ccc(NC(=O)Oc4cccc(C5CCN(CCO)C5)c4)cc3Cl)c2)ccn1. The minimum Gasteiger partial charge on any atom is -0.410 e. The summed E-state index contributed by atoms with van der Waals surface area (Å²) in [6, 6.07) is 19.1. The predicted octanol–water partition coefficient (Wildman–Crippen LogP) is 7.15. The Bertz CT molecular complexity index is 1540. The summed E-state index contributed by atoms with van der Waals surface area (Å²) in [6.45, 7) is 9.10. The first-order valence-corrected chi connectivity index (χ1v) is 14.2. The van der Waals surface area contributed by atoms with Gasteiger partial charge in [-0.15, -0.1) is 0 Å². The number of hydrogen-bond acceptors (Lipinski definition) is 6. The highest BCUT2D eigenvalue weighted by Gasteiger charge is 2.24. The Morgan fingerprint density at radius 3 is 2.68 bits per heavy atom. The van der Waals surface area contributed by atoms with Crippen LogP contribution in [0.25, 0.3) is 22.3 Å². The van der Waals surface area contributed by atoms with E-state index in [1.54, 1.807) is 24.4 Å². The van der Waals surface area contributed by atoms with E-state index in [2.05, 4.69) is 59.2 Å². The number of likely N-dealkylation sites (tertiary alicyclic amines) is 1. The van der Waals surface area contributed by atoms with Crippen molar-refractivity contribution in [1.29, 1.82) is 0 Å². The maximum atomic E-state index is 12.7. The average Bonchev–Trinajstić information content (AvgIpc) is 3.42. The van der Waals surface area contributed by atoms with E-state index < -0.39 is 6.09 Å². The third-order valence-corrected chi connectivity index (χ3v) is 7.67. The van der Waals surface area contributed by atoms with Crippen molar-refractivity contribution in [3.63, 3.8) is 0 Å². The molecule has 0 radical (unpaired) electrons. The van der Waals surface area contributed by atoms with Crippen LogP contribution >= 0.6 is 11.6 Å². The Morgan fingerprint density at radius 2 is 1.90 bits per heavy atom. The van der Waals surface area contributed by atoms with Crippen LogP contribution < -0.4 is 10.1 Å². The smallest absolute Gasteiger partial charge is 0.410 e. The number of carbonyl (C=O) groups excluding carboxylic acids is 1. The minimum atomic E-state index is -0.588. The molecule has 0 aliphatic carbocycles. The van der Waals surface area contributed by atoms with Gasteiger partial charge in [-0.25, -0.2) is 4.79 Å². The zero-order valence-corrected chi connectivity index (χ0v) is 24.4. The number of hydrogen-bond donors (Lipinski definition) is 2. The molecule has 1 saturated heterocycles. The zero-order chi connectivity index (χ0) is 29.0. The Kier molecular flexibility index (Phi) is 8.68. The van der Waals surface area contributed by atoms with Crippen LogP contribution in [0.2, 0.25) is 5.02 Å².